The van der Waals surface area contributed by atoms with Gasteiger partial charge in [0.15, 0.2) is 0 Å². The summed E-state index contributed by atoms with van der Waals surface area (Å²) in [6, 6.07) is 19.8. The molecule has 1 heterocycles. The zero-order chi connectivity index (χ0) is 16.5. The van der Waals surface area contributed by atoms with E-state index in [1.54, 1.807) is 12.4 Å². The summed E-state index contributed by atoms with van der Waals surface area (Å²) < 4.78 is 0. The molecule has 0 radical (unpaired) electrons. The molecule has 0 bridgehead atoms. The highest BCUT2D eigenvalue weighted by molar-refractivity contribution is 5.98. The third kappa shape index (κ3) is 2.52. The van der Waals surface area contributed by atoms with Gasteiger partial charge in [-0.2, -0.15) is 0 Å². The number of nitrogens with zero attached hydrogens (tertiary/aromatic N) is 1. The van der Waals surface area contributed by atoms with Gasteiger partial charge in [0.1, 0.15) is 0 Å². The fraction of sp³-hybridized carbons (Fsp3) is 0.100. The van der Waals surface area contributed by atoms with Gasteiger partial charge in [-0.3, -0.25) is 4.79 Å². The van der Waals surface area contributed by atoms with E-state index in [0.29, 0.717) is 5.56 Å². The molecule has 4 rings (SSSR count). The van der Waals surface area contributed by atoms with Crippen molar-refractivity contribution < 1.29 is 4.79 Å². The van der Waals surface area contributed by atoms with Gasteiger partial charge >= 0.3 is 0 Å². The van der Waals surface area contributed by atoms with E-state index in [4.69, 9.17) is 0 Å². The lowest BCUT2D eigenvalue weighted by Gasteiger charge is -2.16. The van der Waals surface area contributed by atoms with Gasteiger partial charge in [-0.1, -0.05) is 42.5 Å². The van der Waals surface area contributed by atoms with Gasteiger partial charge in [-0.05, 0) is 41.5 Å². The Balaban J connectivity index is 1.62. The van der Waals surface area contributed by atoms with Crippen LogP contribution in [0.2, 0.25) is 0 Å². The number of H-pyrrole nitrogens is 1. The Morgan fingerprint density at radius 3 is 2.83 bits per heavy atom. The standard InChI is InChI=1S/C20H17N3O/c1-13(16-8-4-6-14-5-2-3-7-17(14)16)23-20(24)15-9-10-18-19(11-15)22-12-21-18/h2-13H,1H3,(H,21,22)(H,23,24)/t13-/m1/s1. The van der Waals surface area contributed by atoms with Crippen molar-refractivity contribution in [3.05, 3.63) is 78.1 Å². The molecule has 1 atom stereocenters. The van der Waals surface area contributed by atoms with Crippen molar-refractivity contribution in [2.75, 3.05) is 0 Å². The van der Waals surface area contributed by atoms with Crippen molar-refractivity contribution in [1.82, 2.24) is 15.3 Å². The summed E-state index contributed by atoms with van der Waals surface area (Å²) in [4.78, 5) is 19.8. The molecule has 0 spiro atoms. The zero-order valence-electron chi connectivity index (χ0n) is 13.3. The number of hydrogen-bond acceptors (Lipinski definition) is 2. The first-order valence-electron chi connectivity index (χ1n) is 7.94. The molecule has 3 aromatic carbocycles. The number of carbonyl (C=O) groups excluding carboxylic acids is 1. The Morgan fingerprint density at radius 1 is 1.08 bits per heavy atom. The fourth-order valence-corrected chi connectivity index (χ4v) is 3.06. The number of imidazole rings is 1. The summed E-state index contributed by atoms with van der Waals surface area (Å²) in [5.41, 5.74) is 3.44. The third-order valence-corrected chi connectivity index (χ3v) is 4.32. The average Bonchev–Trinajstić information content (AvgIpc) is 3.08. The van der Waals surface area contributed by atoms with E-state index in [-0.39, 0.29) is 11.9 Å². The van der Waals surface area contributed by atoms with Crippen LogP contribution < -0.4 is 5.32 Å². The van der Waals surface area contributed by atoms with Gasteiger partial charge in [0.2, 0.25) is 0 Å². The zero-order valence-corrected chi connectivity index (χ0v) is 13.3. The van der Waals surface area contributed by atoms with Crippen LogP contribution in [0, 0.1) is 0 Å². The monoisotopic (exact) mass is 315 g/mol. The summed E-state index contributed by atoms with van der Waals surface area (Å²) in [7, 11) is 0. The fourth-order valence-electron chi connectivity index (χ4n) is 3.06. The van der Waals surface area contributed by atoms with Crippen LogP contribution in [0.15, 0.2) is 67.0 Å². The maximum Gasteiger partial charge on any atom is 0.251 e. The highest BCUT2D eigenvalue weighted by Gasteiger charge is 2.14. The number of carbonyl (C=O) groups is 1. The van der Waals surface area contributed by atoms with Gasteiger partial charge in [0, 0.05) is 5.56 Å². The Kier molecular flexibility index (Phi) is 3.50. The number of benzene rings is 3. The Morgan fingerprint density at radius 2 is 1.92 bits per heavy atom. The number of rotatable bonds is 3. The minimum absolute atomic E-state index is 0.0847. The lowest BCUT2D eigenvalue weighted by Crippen LogP contribution is -2.26. The number of nitrogens with one attached hydrogen (secondary N) is 2. The van der Waals surface area contributed by atoms with Crippen LogP contribution in [0.4, 0.5) is 0 Å². The first kappa shape index (κ1) is 14.5. The van der Waals surface area contributed by atoms with Gasteiger partial charge in [0.05, 0.1) is 23.4 Å². The number of aromatic amines is 1. The van der Waals surface area contributed by atoms with Gasteiger partial charge in [0.25, 0.3) is 5.91 Å². The van der Waals surface area contributed by atoms with Crippen LogP contribution in [0.5, 0.6) is 0 Å². The lowest BCUT2D eigenvalue weighted by atomic mass is 9.99. The van der Waals surface area contributed by atoms with E-state index < -0.39 is 0 Å². The van der Waals surface area contributed by atoms with Crippen molar-refractivity contribution in [3.63, 3.8) is 0 Å². The SMILES string of the molecule is C[C@@H](NC(=O)c1ccc2[nH]cnc2c1)c1cccc2ccccc12. The molecule has 4 aromatic rings. The van der Waals surface area contributed by atoms with Crippen LogP contribution >= 0.6 is 0 Å². The molecule has 2 N–H and O–H groups in total. The Hall–Kier alpha value is -3.14. The first-order valence-corrected chi connectivity index (χ1v) is 7.94. The predicted octanol–water partition coefficient (Wildman–Crippen LogP) is 4.21. The van der Waals surface area contributed by atoms with E-state index in [2.05, 4.69) is 39.6 Å². The maximum atomic E-state index is 12.6. The predicted molar refractivity (Wildman–Crippen MR) is 95.9 cm³/mol. The number of amides is 1. The number of hydrogen-bond donors (Lipinski definition) is 2. The minimum Gasteiger partial charge on any atom is -0.345 e. The molecule has 0 unspecified atom stereocenters. The van der Waals surface area contributed by atoms with Crippen molar-refractivity contribution in [2.45, 2.75) is 13.0 Å². The van der Waals surface area contributed by atoms with E-state index in [1.807, 2.05) is 37.3 Å². The first-order chi connectivity index (χ1) is 11.7. The average molecular weight is 315 g/mol. The van der Waals surface area contributed by atoms with Gasteiger partial charge < -0.3 is 10.3 Å². The summed E-state index contributed by atoms with van der Waals surface area (Å²) >= 11 is 0. The summed E-state index contributed by atoms with van der Waals surface area (Å²) in [5.74, 6) is -0.0969. The smallest absolute Gasteiger partial charge is 0.251 e. The summed E-state index contributed by atoms with van der Waals surface area (Å²) in [6.45, 7) is 2.01. The van der Waals surface area contributed by atoms with Crippen LogP contribution in [0.3, 0.4) is 0 Å². The van der Waals surface area contributed by atoms with Crippen LogP contribution in [-0.4, -0.2) is 15.9 Å². The molecule has 0 saturated heterocycles. The quantitative estimate of drug-likeness (QED) is 0.595. The number of fused-ring (bicyclic) bond motifs is 2. The molecule has 0 saturated carbocycles. The molecule has 118 valence electrons. The van der Waals surface area contributed by atoms with E-state index in [9.17, 15) is 4.79 Å². The van der Waals surface area contributed by atoms with Crippen LogP contribution in [0.25, 0.3) is 21.8 Å². The summed E-state index contributed by atoms with van der Waals surface area (Å²) in [6.07, 6.45) is 1.63. The molecular formula is C20H17N3O. The molecule has 1 amide bonds. The molecule has 0 aliphatic heterocycles. The largest absolute Gasteiger partial charge is 0.345 e. The van der Waals surface area contributed by atoms with Gasteiger partial charge in [-0.25, -0.2) is 4.98 Å². The normalized spacial score (nSPS) is 12.4. The van der Waals surface area contributed by atoms with E-state index >= 15 is 0 Å². The van der Waals surface area contributed by atoms with Crippen LogP contribution in [-0.2, 0) is 0 Å². The van der Waals surface area contributed by atoms with E-state index in [0.717, 1.165) is 22.0 Å². The maximum absolute atomic E-state index is 12.6. The second-order valence-corrected chi connectivity index (χ2v) is 5.90. The van der Waals surface area contributed by atoms with Crippen molar-refractivity contribution in [1.29, 1.82) is 0 Å². The third-order valence-electron chi connectivity index (χ3n) is 4.32. The van der Waals surface area contributed by atoms with Crippen molar-refractivity contribution in [2.24, 2.45) is 0 Å². The lowest BCUT2D eigenvalue weighted by molar-refractivity contribution is 0.0940. The molecule has 24 heavy (non-hydrogen) atoms. The molecule has 4 nitrogen and oxygen atoms in total. The molecule has 0 fully saturated rings. The van der Waals surface area contributed by atoms with Crippen LogP contribution in [0.1, 0.15) is 28.9 Å². The highest BCUT2D eigenvalue weighted by atomic mass is 16.1. The van der Waals surface area contributed by atoms with E-state index in [1.165, 1.54) is 5.39 Å². The molecule has 0 aliphatic carbocycles. The summed E-state index contributed by atoms with van der Waals surface area (Å²) in [5, 5.41) is 5.42. The Bertz CT molecular complexity index is 1030. The second kappa shape index (κ2) is 5.81. The highest BCUT2D eigenvalue weighted by Crippen LogP contribution is 2.24. The Labute approximate surface area is 139 Å². The molecule has 4 heteroatoms. The molecule has 0 aliphatic rings. The minimum atomic E-state index is -0.0969. The molecular weight excluding hydrogens is 298 g/mol. The van der Waals surface area contributed by atoms with Crippen molar-refractivity contribution in [3.8, 4) is 0 Å². The van der Waals surface area contributed by atoms with Gasteiger partial charge in [-0.15, -0.1) is 0 Å². The molecule has 1 aromatic heterocycles. The topological polar surface area (TPSA) is 57.8 Å². The second-order valence-electron chi connectivity index (χ2n) is 5.90. The van der Waals surface area contributed by atoms with Crippen molar-refractivity contribution >= 4 is 27.7 Å². The number of aromatic nitrogens is 2.